The lowest BCUT2D eigenvalue weighted by Gasteiger charge is -2.06. The molecular weight excluding hydrogens is 299 g/mol. The van der Waals surface area contributed by atoms with Crippen molar-refractivity contribution in [2.45, 2.75) is 6.18 Å². The first-order chi connectivity index (χ1) is 10.4. The Labute approximate surface area is 124 Å². The quantitative estimate of drug-likeness (QED) is 0.672. The summed E-state index contributed by atoms with van der Waals surface area (Å²) in [6.45, 7) is 0. The summed E-state index contributed by atoms with van der Waals surface area (Å²) >= 11 is 0. The molecule has 0 aliphatic carbocycles. The number of phenolic OH excluding ortho intramolecular Hbond substituents is 1. The van der Waals surface area contributed by atoms with Gasteiger partial charge in [0.25, 0.3) is 0 Å². The Hall–Kier alpha value is -2.77. The smallest absolute Gasteiger partial charge is 0.417 e. The maximum Gasteiger partial charge on any atom is 0.417 e. The average Bonchev–Trinajstić information content (AvgIpc) is 2.48. The average molecular weight is 311 g/mol. The second-order valence-corrected chi connectivity index (χ2v) is 4.23. The van der Waals surface area contributed by atoms with Gasteiger partial charge in [0.15, 0.2) is 11.5 Å². The lowest BCUT2D eigenvalue weighted by atomic mass is 10.2. The fourth-order valence-electron chi connectivity index (χ4n) is 1.58. The van der Waals surface area contributed by atoms with Crippen LogP contribution < -0.4 is 10.2 Å². The molecule has 0 saturated heterocycles. The first kappa shape index (κ1) is 15.6. The van der Waals surface area contributed by atoms with E-state index < -0.39 is 11.7 Å². The second-order valence-electron chi connectivity index (χ2n) is 4.23. The van der Waals surface area contributed by atoms with Crippen LogP contribution in [0.15, 0.2) is 41.6 Å². The SMILES string of the molecule is COc1cc(/C=N\Nc2ccc(C(F)(F)F)cn2)ccc1O. The van der Waals surface area contributed by atoms with E-state index in [9.17, 15) is 18.3 Å². The molecule has 0 bridgehead atoms. The molecule has 2 aromatic rings. The predicted molar refractivity (Wildman–Crippen MR) is 75.1 cm³/mol. The van der Waals surface area contributed by atoms with Crippen molar-refractivity contribution in [3.05, 3.63) is 47.7 Å². The van der Waals surface area contributed by atoms with Crippen molar-refractivity contribution < 1.29 is 23.0 Å². The van der Waals surface area contributed by atoms with Crippen molar-refractivity contribution in [1.29, 1.82) is 0 Å². The molecule has 1 heterocycles. The number of halogens is 3. The summed E-state index contributed by atoms with van der Waals surface area (Å²) in [6.07, 6.45) is -2.28. The molecule has 0 atom stereocenters. The summed E-state index contributed by atoms with van der Waals surface area (Å²) in [7, 11) is 1.42. The molecule has 2 N–H and O–H groups in total. The van der Waals surface area contributed by atoms with Crippen LogP contribution in [0.25, 0.3) is 0 Å². The molecular formula is C14H12F3N3O2. The number of alkyl halides is 3. The molecule has 2 rings (SSSR count). The predicted octanol–water partition coefficient (Wildman–Crippen LogP) is 3.26. The van der Waals surface area contributed by atoms with Gasteiger partial charge in [-0.15, -0.1) is 0 Å². The maximum absolute atomic E-state index is 12.4. The highest BCUT2D eigenvalue weighted by atomic mass is 19.4. The Morgan fingerprint density at radius 1 is 1.27 bits per heavy atom. The molecule has 0 aliphatic heterocycles. The monoisotopic (exact) mass is 311 g/mol. The van der Waals surface area contributed by atoms with E-state index >= 15 is 0 Å². The van der Waals surface area contributed by atoms with Crippen LogP contribution in [0, 0.1) is 0 Å². The van der Waals surface area contributed by atoms with Crippen molar-refractivity contribution in [3.63, 3.8) is 0 Å². The first-order valence-corrected chi connectivity index (χ1v) is 6.09. The minimum Gasteiger partial charge on any atom is -0.504 e. The van der Waals surface area contributed by atoms with Gasteiger partial charge in [-0.25, -0.2) is 4.98 Å². The molecule has 0 amide bonds. The Morgan fingerprint density at radius 2 is 2.05 bits per heavy atom. The number of aromatic hydroxyl groups is 1. The van der Waals surface area contributed by atoms with E-state index in [1.165, 1.54) is 25.5 Å². The van der Waals surface area contributed by atoms with Crippen molar-refractivity contribution in [2.75, 3.05) is 12.5 Å². The molecule has 22 heavy (non-hydrogen) atoms. The summed E-state index contributed by atoms with van der Waals surface area (Å²) in [5, 5.41) is 13.3. The molecule has 0 fully saturated rings. The van der Waals surface area contributed by atoms with Crippen LogP contribution in [0.3, 0.4) is 0 Å². The van der Waals surface area contributed by atoms with Crippen molar-refractivity contribution in [1.82, 2.24) is 4.98 Å². The number of anilines is 1. The minimum atomic E-state index is -4.42. The molecule has 0 spiro atoms. The van der Waals surface area contributed by atoms with Crippen molar-refractivity contribution in [3.8, 4) is 11.5 Å². The van der Waals surface area contributed by atoms with Gasteiger partial charge in [0.1, 0.15) is 5.82 Å². The summed E-state index contributed by atoms with van der Waals surface area (Å²) in [5.41, 5.74) is 2.32. The van der Waals surface area contributed by atoms with Gasteiger partial charge in [0, 0.05) is 6.20 Å². The topological polar surface area (TPSA) is 66.7 Å². The third-order valence-corrected chi connectivity index (χ3v) is 2.69. The number of nitrogens with zero attached hydrogens (tertiary/aromatic N) is 2. The summed E-state index contributed by atoms with van der Waals surface area (Å²) in [4.78, 5) is 3.61. The van der Waals surface area contributed by atoms with E-state index in [0.29, 0.717) is 5.56 Å². The number of ether oxygens (including phenoxy) is 1. The first-order valence-electron chi connectivity index (χ1n) is 6.09. The Morgan fingerprint density at radius 3 is 2.64 bits per heavy atom. The number of rotatable bonds is 4. The molecule has 0 unspecified atom stereocenters. The van der Waals surface area contributed by atoms with E-state index in [0.717, 1.165) is 12.3 Å². The molecule has 0 aliphatic rings. The van der Waals surface area contributed by atoms with Crippen LogP contribution in [0.5, 0.6) is 11.5 Å². The third kappa shape index (κ3) is 3.87. The van der Waals surface area contributed by atoms with E-state index in [1.807, 2.05) is 0 Å². The molecule has 0 radical (unpaired) electrons. The van der Waals surface area contributed by atoms with E-state index in [1.54, 1.807) is 12.1 Å². The Kier molecular flexibility index (Phi) is 4.50. The Bertz CT molecular complexity index is 670. The van der Waals surface area contributed by atoms with Gasteiger partial charge in [0.2, 0.25) is 0 Å². The number of hydrogen-bond acceptors (Lipinski definition) is 5. The van der Waals surface area contributed by atoms with Crippen LogP contribution in [0.4, 0.5) is 19.0 Å². The normalized spacial score (nSPS) is 11.6. The summed E-state index contributed by atoms with van der Waals surface area (Å²) < 4.78 is 42.1. The largest absolute Gasteiger partial charge is 0.504 e. The lowest BCUT2D eigenvalue weighted by molar-refractivity contribution is -0.137. The molecule has 0 saturated carbocycles. The van der Waals surface area contributed by atoms with Gasteiger partial charge in [-0.1, -0.05) is 0 Å². The molecule has 8 heteroatoms. The fourth-order valence-corrected chi connectivity index (χ4v) is 1.58. The summed E-state index contributed by atoms with van der Waals surface area (Å²) in [5.74, 6) is 0.462. The van der Waals surface area contributed by atoms with Crippen LogP contribution in [0.1, 0.15) is 11.1 Å². The lowest BCUT2D eigenvalue weighted by Crippen LogP contribution is -2.05. The highest BCUT2D eigenvalue weighted by Crippen LogP contribution is 2.29. The van der Waals surface area contributed by atoms with Gasteiger partial charge in [0.05, 0.1) is 18.9 Å². The zero-order valence-electron chi connectivity index (χ0n) is 11.4. The van der Waals surface area contributed by atoms with E-state index in [2.05, 4.69) is 15.5 Å². The van der Waals surface area contributed by atoms with E-state index in [-0.39, 0.29) is 17.3 Å². The summed E-state index contributed by atoms with van der Waals surface area (Å²) in [6, 6.07) is 6.69. The molecule has 116 valence electrons. The number of hydrazone groups is 1. The number of benzene rings is 1. The maximum atomic E-state index is 12.4. The van der Waals surface area contributed by atoms with Gasteiger partial charge in [-0.2, -0.15) is 18.3 Å². The fraction of sp³-hybridized carbons (Fsp3) is 0.143. The highest BCUT2D eigenvalue weighted by molar-refractivity contribution is 5.81. The second kappa shape index (κ2) is 6.33. The van der Waals surface area contributed by atoms with Crippen molar-refractivity contribution in [2.24, 2.45) is 5.10 Å². The van der Waals surface area contributed by atoms with Crippen LogP contribution in [-0.2, 0) is 6.18 Å². The standard InChI is InChI=1S/C14H12F3N3O2/c1-22-12-6-9(2-4-11(12)21)7-19-20-13-5-3-10(8-18-13)14(15,16)17/h2-8,21H,1H3,(H,18,20)/b19-7-. The number of hydrogen-bond donors (Lipinski definition) is 2. The minimum absolute atomic E-state index is 0.00276. The van der Waals surface area contributed by atoms with Crippen LogP contribution in [-0.4, -0.2) is 23.4 Å². The zero-order valence-corrected chi connectivity index (χ0v) is 11.4. The highest BCUT2D eigenvalue weighted by Gasteiger charge is 2.30. The molecule has 1 aromatic heterocycles. The Balaban J connectivity index is 2.03. The number of aromatic nitrogens is 1. The number of pyridine rings is 1. The molecule has 5 nitrogen and oxygen atoms in total. The van der Waals surface area contributed by atoms with Crippen LogP contribution in [0.2, 0.25) is 0 Å². The third-order valence-electron chi connectivity index (χ3n) is 2.69. The van der Waals surface area contributed by atoms with Gasteiger partial charge in [-0.3, -0.25) is 5.43 Å². The van der Waals surface area contributed by atoms with Gasteiger partial charge < -0.3 is 9.84 Å². The number of methoxy groups -OCH3 is 1. The number of nitrogens with one attached hydrogen (secondary N) is 1. The number of phenols is 1. The molecule has 1 aromatic carbocycles. The van der Waals surface area contributed by atoms with E-state index in [4.69, 9.17) is 4.74 Å². The van der Waals surface area contributed by atoms with Crippen LogP contribution >= 0.6 is 0 Å². The van der Waals surface area contributed by atoms with Crippen molar-refractivity contribution >= 4 is 12.0 Å². The van der Waals surface area contributed by atoms with Gasteiger partial charge in [-0.05, 0) is 35.9 Å². The zero-order chi connectivity index (χ0) is 16.2. The van der Waals surface area contributed by atoms with Gasteiger partial charge >= 0.3 is 6.18 Å².